The lowest BCUT2D eigenvalue weighted by molar-refractivity contribution is 0.0924. The number of primary amides is 1. The van der Waals surface area contributed by atoms with Crippen molar-refractivity contribution in [2.24, 2.45) is 17.6 Å². The zero-order chi connectivity index (χ0) is 28.3. The van der Waals surface area contributed by atoms with Gasteiger partial charge in [0, 0.05) is 54.1 Å². The number of fused-ring (bicyclic) bond motifs is 2. The zero-order valence-corrected chi connectivity index (χ0v) is 23.7. The molecule has 4 aliphatic rings. The lowest BCUT2D eigenvalue weighted by Crippen LogP contribution is -2.50. The number of anilines is 2. The highest BCUT2D eigenvalue weighted by Crippen LogP contribution is 2.39. The van der Waals surface area contributed by atoms with Crippen LogP contribution < -0.4 is 26.6 Å². The number of piperidine rings is 2. The quantitative estimate of drug-likeness (QED) is 0.308. The van der Waals surface area contributed by atoms with Gasteiger partial charge in [-0.25, -0.2) is 4.98 Å². The number of amides is 2. The van der Waals surface area contributed by atoms with Crippen LogP contribution in [0.5, 0.6) is 0 Å². The minimum atomic E-state index is -0.498. The number of nitrogens with one attached hydrogen (secondary N) is 3. The second-order valence-corrected chi connectivity index (χ2v) is 12.4. The van der Waals surface area contributed by atoms with Crippen LogP contribution in [0.4, 0.5) is 11.5 Å². The number of benzene rings is 1. The number of rotatable bonds is 11. The van der Waals surface area contributed by atoms with Gasteiger partial charge < -0.3 is 26.6 Å². The summed E-state index contributed by atoms with van der Waals surface area (Å²) >= 11 is 0. The van der Waals surface area contributed by atoms with E-state index < -0.39 is 5.91 Å². The molecule has 0 unspecified atom stereocenters. The van der Waals surface area contributed by atoms with Gasteiger partial charge in [-0.3, -0.25) is 14.4 Å². The first-order valence-electron chi connectivity index (χ1n) is 15.4. The number of hydrogen-bond acceptors (Lipinski definition) is 7. The third-order valence-electron chi connectivity index (χ3n) is 9.47. The van der Waals surface area contributed by atoms with Gasteiger partial charge in [0.25, 0.3) is 11.8 Å². The molecule has 2 amide bonds. The summed E-state index contributed by atoms with van der Waals surface area (Å²) in [5.41, 5.74) is 7.84. The summed E-state index contributed by atoms with van der Waals surface area (Å²) in [4.78, 5) is 45.0. The van der Waals surface area contributed by atoms with Crippen molar-refractivity contribution >= 4 is 29.1 Å². The number of Topliss-reactive ketones (excluding diaryl/α,β-unsaturated/α-hetero) is 1. The van der Waals surface area contributed by atoms with Crippen LogP contribution in [0, 0.1) is 11.8 Å². The summed E-state index contributed by atoms with van der Waals surface area (Å²) in [5.74, 6) is 1.75. The van der Waals surface area contributed by atoms with Crippen LogP contribution in [0.2, 0.25) is 0 Å². The van der Waals surface area contributed by atoms with Gasteiger partial charge in [-0.05, 0) is 113 Å². The minimum absolute atomic E-state index is 0.0748. The maximum atomic E-state index is 13.2. The molecule has 4 fully saturated rings. The maximum Gasteiger partial charge on any atom is 0.251 e. The summed E-state index contributed by atoms with van der Waals surface area (Å²) in [6, 6.07) is 9.70. The van der Waals surface area contributed by atoms with Gasteiger partial charge in [-0.2, -0.15) is 0 Å². The highest BCUT2D eigenvalue weighted by Gasteiger charge is 2.42. The molecule has 41 heavy (non-hydrogen) atoms. The van der Waals surface area contributed by atoms with E-state index in [0.717, 1.165) is 70.4 Å². The molecule has 1 aromatic carbocycles. The number of nitrogens with zero attached hydrogens (tertiary/aromatic N) is 2. The molecule has 9 nitrogen and oxygen atoms in total. The summed E-state index contributed by atoms with van der Waals surface area (Å²) in [5, 5.41) is 9.95. The minimum Gasteiger partial charge on any atom is -0.384 e. The van der Waals surface area contributed by atoms with Crippen molar-refractivity contribution < 1.29 is 14.4 Å². The fourth-order valence-electron chi connectivity index (χ4n) is 6.91. The fourth-order valence-corrected chi connectivity index (χ4v) is 6.91. The van der Waals surface area contributed by atoms with Crippen molar-refractivity contribution in [3.05, 3.63) is 53.2 Å². The van der Waals surface area contributed by atoms with Gasteiger partial charge >= 0.3 is 0 Å². The standard InChI is InChI=1S/C32H42N6O3/c33-31(40)27-8-4-22(15-28(27)35-18-21-1-2-21)32(41)37-24-16-25-6-7-26(17-24)38(25)30-10-5-23(19-36-30)29(39)9-3-20-11-13-34-14-12-20/h4-5,8,10,15,19-21,24-26,34-35H,1-3,6-7,9,11-14,16-18H2,(H2,33,40)(H,37,41)/t24-,25+,26-. The predicted octanol–water partition coefficient (Wildman–Crippen LogP) is 3.89. The van der Waals surface area contributed by atoms with Gasteiger partial charge in [0.1, 0.15) is 5.82 Å². The lowest BCUT2D eigenvalue weighted by atomic mass is 9.91. The Bertz CT molecular complexity index is 1260. The number of hydrogen-bond donors (Lipinski definition) is 4. The van der Waals surface area contributed by atoms with Gasteiger partial charge in [0.15, 0.2) is 5.78 Å². The maximum absolute atomic E-state index is 13.2. The Hall–Kier alpha value is -3.46. The largest absolute Gasteiger partial charge is 0.384 e. The topological polar surface area (TPSA) is 129 Å². The van der Waals surface area contributed by atoms with E-state index in [2.05, 4.69) is 20.9 Å². The van der Waals surface area contributed by atoms with E-state index in [-0.39, 0.29) is 17.7 Å². The molecule has 0 spiro atoms. The van der Waals surface area contributed by atoms with Crippen LogP contribution in [-0.2, 0) is 0 Å². The molecule has 6 rings (SSSR count). The lowest BCUT2D eigenvalue weighted by Gasteiger charge is -2.40. The Balaban J connectivity index is 1.04. The molecule has 9 heteroatoms. The monoisotopic (exact) mass is 558 g/mol. The summed E-state index contributed by atoms with van der Waals surface area (Å²) in [7, 11) is 0. The van der Waals surface area contributed by atoms with Gasteiger partial charge in [0.2, 0.25) is 0 Å². The van der Waals surface area contributed by atoms with Crippen molar-refractivity contribution in [3.8, 4) is 0 Å². The van der Waals surface area contributed by atoms with E-state index >= 15 is 0 Å². The molecule has 3 aliphatic heterocycles. The predicted molar refractivity (Wildman–Crippen MR) is 159 cm³/mol. The molecule has 2 bridgehead atoms. The first kappa shape index (κ1) is 27.7. The number of pyridine rings is 1. The second-order valence-electron chi connectivity index (χ2n) is 12.4. The molecule has 4 heterocycles. The molecule has 3 atom stereocenters. The summed E-state index contributed by atoms with van der Waals surface area (Å²) in [6.07, 6.45) is 11.8. The van der Waals surface area contributed by atoms with E-state index in [4.69, 9.17) is 10.7 Å². The number of carbonyl (C=O) groups is 3. The van der Waals surface area contributed by atoms with Crippen molar-refractivity contribution in [1.82, 2.24) is 15.6 Å². The molecular formula is C32H42N6O3. The van der Waals surface area contributed by atoms with Crippen LogP contribution in [-0.4, -0.2) is 60.3 Å². The summed E-state index contributed by atoms with van der Waals surface area (Å²) < 4.78 is 0. The second kappa shape index (κ2) is 12.2. The molecule has 1 aliphatic carbocycles. The first-order chi connectivity index (χ1) is 19.9. The molecule has 218 valence electrons. The van der Waals surface area contributed by atoms with Crippen molar-refractivity contribution in [3.63, 3.8) is 0 Å². The zero-order valence-electron chi connectivity index (χ0n) is 23.7. The Morgan fingerprint density at radius 1 is 0.927 bits per heavy atom. The number of carbonyl (C=O) groups excluding carboxylic acids is 3. The number of nitrogens with two attached hydrogens (primary N) is 1. The Morgan fingerprint density at radius 3 is 2.32 bits per heavy atom. The smallest absolute Gasteiger partial charge is 0.251 e. The van der Waals surface area contributed by atoms with Gasteiger partial charge in [0.05, 0.1) is 5.56 Å². The van der Waals surface area contributed by atoms with Gasteiger partial charge in [-0.1, -0.05) is 0 Å². The van der Waals surface area contributed by atoms with E-state index in [1.165, 1.54) is 12.8 Å². The average Bonchev–Trinajstić information content (AvgIpc) is 3.78. The van der Waals surface area contributed by atoms with Crippen LogP contribution in [0.1, 0.15) is 95.3 Å². The van der Waals surface area contributed by atoms with Crippen molar-refractivity contribution in [2.75, 3.05) is 29.9 Å². The van der Waals surface area contributed by atoms with Crippen molar-refractivity contribution in [2.45, 2.75) is 82.3 Å². The molecule has 1 aromatic heterocycles. The normalized spacial score (nSPS) is 24.2. The van der Waals surface area contributed by atoms with Crippen LogP contribution in [0.15, 0.2) is 36.5 Å². The fraction of sp³-hybridized carbons (Fsp3) is 0.562. The Kier molecular flexibility index (Phi) is 8.23. The molecular weight excluding hydrogens is 516 g/mol. The van der Waals surface area contributed by atoms with Crippen LogP contribution >= 0.6 is 0 Å². The van der Waals surface area contributed by atoms with E-state index in [1.807, 2.05) is 12.1 Å². The Morgan fingerprint density at radius 2 is 1.66 bits per heavy atom. The molecule has 1 saturated carbocycles. The highest BCUT2D eigenvalue weighted by molar-refractivity contribution is 6.02. The van der Waals surface area contributed by atoms with Crippen LogP contribution in [0.25, 0.3) is 0 Å². The first-order valence-corrected chi connectivity index (χ1v) is 15.4. The van der Waals surface area contributed by atoms with Crippen molar-refractivity contribution in [1.29, 1.82) is 0 Å². The highest BCUT2D eigenvalue weighted by atomic mass is 16.2. The number of aromatic nitrogens is 1. The third-order valence-corrected chi connectivity index (χ3v) is 9.47. The van der Waals surface area contributed by atoms with Gasteiger partial charge in [-0.15, -0.1) is 0 Å². The average molecular weight is 559 g/mol. The molecule has 0 radical (unpaired) electrons. The summed E-state index contributed by atoms with van der Waals surface area (Å²) in [6.45, 7) is 2.90. The van der Waals surface area contributed by atoms with E-state index in [1.54, 1.807) is 24.4 Å². The molecule has 2 aromatic rings. The molecule has 3 saturated heterocycles. The number of ketones is 1. The third kappa shape index (κ3) is 6.56. The SMILES string of the molecule is NC(=O)c1ccc(C(=O)N[C@H]2C[C@H]3CC[C@@H](C2)N3c2ccc(C(=O)CCC3CCNCC3)cn2)cc1NCC1CC1. The van der Waals surface area contributed by atoms with E-state index in [9.17, 15) is 14.4 Å². The van der Waals surface area contributed by atoms with Crippen LogP contribution in [0.3, 0.4) is 0 Å². The molecule has 5 N–H and O–H groups in total. The van der Waals surface area contributed by atoms with E-state index in [0.29, 0.717) is 52.7 Å². The Labute approximate surface area is 242 Å².